The van der Waals surface area contributed by atoms with Gasteiger partial charge in [-0.2, -0.15) is 0 Å². The minimum atomic E-state index is -0.329. The van der Waals surface area contributed by atoms with E-state index < -0.39 is 0 Å². The van der Waals surface area contributed by atoms with Gasteiger partial charge in [-0.15, -0.1) is 0 Å². The summed E-state index contributed by atoms with van der Waals surface area (Å²) in [5, 5.41) is 12.4. The number of likely N-dealkylation sites (tertiary alicyclic amines) is 1. The number of anilines is 1. The number of hydrogen-bond donors (Lipinski definition) is 2. The van der Waals surface area contributed by atoms with Gasteiger partial charge in [0.25, 0.3) is 11.8 Å². The summed E-state index contributed by atoms with van der Waals surface area (Å²) in [5.74, 6) is 0.154. The van der Waals surface area contributed by atoms with Gasteiger partial charge < -0.3 is 19.7 Å². The van der Waals surface area contributed by atoms with Crippen LogP contribution in [0, 0.1) is 5.92 Å². The van der Waals surface area contributed by atoms with Crippen molar-refractivity contribution in [2.45, 2.75) is 25.9 Å². The molecule has 3 rings (SSSR count). The number of aliphatic hydroxyl groups excluding tert-OH is 1. The molecule has 0 saturated carbocycles. The summed E-state index contributed by atoms with van der Waals surface area (Å²) in [6, 6.07) is 10.1. The number of piperidine rings is 1. The second-order valence-corrected chi connectivity index (χ2v) is 6.38. The van der Waals surface area contributed by atoms with E-state index in [-0.39, 0.29) is 29.6 Å². The Labute approximate surface area is 146 Å². The Morgan fingerprint density at radius 1 is 1.20 bits per heavy atom. The maximum Gasteiger partial charge on any atom is 0.291 e. The maximum atomic E-state index is 12.6. The van der Waals surface area contributed by atoms with Gasteiger partial charge in [0.2, 0.25) is 0 Å². The number of rotatable bonds is 4. The number of carbonyl (C=O) groups is 2. The van der Waals surface area contributed by atoms with Gasteiger partial charge in [-0.1, -0.05) is 0 Å². The van der Waals surface area contributed by atoms with Crippen molar-refractivity contribution in [1.82, 2.24) is 4.90 Å². The Morgan fingerprint density at radius 2 is 1.88 bits per heavy atom. The molecule has 0 radical (unpaired) electrons. The molecule has 1 fully saturated rings. The number of furan rings is 1. The van der Waals surface area contributed by atoms with Crippen molar-refractivity contribution in [3.8, 4) is 0 Å². The van der Waals surface area contributed by atoms with Crippen LogP contribution in [0.2, 0.25) is 0 Å². The fourth-order valence-corrected chi connectivity index (χ4v) is 3.06. The summed E-state index contributed by atoms with van der Waals surface area (Å²) in [5.41, 5.74) is 1.19. The zero-order valence-electron chi connectivity index (χ0n) is 14.1. The van der Waals surface area contributed by atoms with Crippen molar-refractivity contribution in [3.63, 3.8) is 0 Å². The molecule has 1 aromatic heterocycles. The van der Waals surface area contributed by atoms with Crippen LogP contribution in [0.4, 0.5) is 5.69 Å². The first-order valence-electron chi connectivity index (χ1n) is 8.47. The van der Waals surface area contributed by atoms with Gasteiger partial charge in [-0.25, -0.2) is 0 Å². The van der Waals surface area contributed by atoms with E-state index in [0.29, 0.717) is 24.3 Å². The SMILES string of the molecule is CC(O)C1CCN(C(=O)c2ccc(NC(=O)c3ccco3)cc2)CC1. The summed E-state index contributed by atoms with van der Waals surface area (Å²) in [6.07, 6.45) is 2.76. The normalized spacial score (nSPS) is 16.5. The highest BCUT2D eigenvalue weighted by atomic mass is 16.3. The van der Waals surface area contributed by atoms with Crippen LogP contribution in [0.15, 0.2) is 47.1 Å². The highest BCUT2D eigenvalue weighted by molar-refractivity contribution is 6.02. The van der Waals surface area contributed by atoms with Crippen LogP contribution in [-0.2, 0) is 0 Å². The average molecular weight is 342 g/mol. The molecule has 1 saturated heterocycles. The predicted octanol–water partition coefficient (Wildman–Crippen LogP) is 2.76. The summed E-state index contributed by atoms with van der Waals surface area (Å²) in [4.78, 5) is 26.3. The lowest BCUT2D eigenvalue weighted by atomic mass is 9.92. The lowest BCUT2D eigenvalue weighted by Crippen LogP contribution is -2.40. The van der Waals surface area contributed by atoms with Gasteiger partial charge in [0.05, 0.1) is 12.4 Å². The number of benzene rings is 1. The van der Waals surface area contributed by atoms with Gasteiger partial charge in [-0.3, -0.25) is 9.59 Å². The second kappa shape index (κ2) is 7.53. The van der Waals surface area contributed by atoms with E-state index >= 15 is 0 Å². The molecule has 0 bridgehead atoms. The first-order valence-corrected chi connectivity index (χ1v) is 8.47. The summed E-state index contributed by atoms with van der Waals surface area (Å²) in [7, 11) is 0. The Bertz CT molecular complexity index is 714. The van der Waals surface area contributed by atoms with Crippen LogP contribution < -0.4 is 5.32 Å². The number of amides is 2. The van der Waals surface area contributed by atoms with Crippen molar-refractivity contribution < 1.29 is 19.1 Å². The lowest BCUT2D eigenvalue weighted by molar-refractivity contribution is 0.0521. The van der Waals surface area contributed by atoms with Crippen molar-refractivity contribution >= 4 is 17.5 Å². The largest absolute Gasteiger partial charge is 0.459 e. The first kappa shape index (κ1) is 17.2. The molecule has 2 heterocycles. The smallest absolute Gasteiger partial charge is 0.291 e. The summed E-state index contributed by atoms with van der Waals surface area (Å²) < 4.78 is 5.04. The van der Waals surface area contributed by atoms with Gasteiger partial charge >= 0.3 is 0 Å². The van der Waals surface area contributed by atoms with Crippen molar-refractivity contribution in [2.24, 2.45) is 5.92 Å². The molecule has 6 heteroatoms. The standard InChI is InChI=1S/C19H22N2O4/c1-13(22)14-8-10-21(11-9-14)19(24)15-4-6-16(7-5-15)20-18(23)17-3-2-12-25-17/h2-7,12-14,22H,8-11H2,1H3,(H,20,23). The van der Waals surface area contributed by atoms with Crippen molar-refractivity contribution in [1.29, 1.82) is 0 Å². The number of nitrogens with one attached hydrogen (secondary N) is 1. The molecular weight excluding hydrogens is 320 g/mol. The third-order valence-corrected chi connectivity index (χ3v) is 4.64. The van der Waals surface area contributed by atoms with E-state index in [1.165, 1.54) is 6.26 Å². The molecule has 2 aromatic rings. The Morgan fingerprint density at radius 3 is 2.44 bits per heavy atom. The fourth-order valence-electron chi connectivity index (χ4n) is 3.06. The topological polar surface area (TPSA) is 82.8 Å². The molecule has 6 nitrogen and oxygen atoms in total. The van der Waals surface area contributed by atoms with Crippen LogP contribution in [-0.4, -0.2) is 41.0 Å². The van der Waals surface area contributed by atoms with Gasteiger partial charge in [0.15, 0.2) is 5.76 Å². The molecule has 0 aliphatic carbocycles. The molecule has 0 spiro atoms. The second-order valence-electron chi connectivity index (χ2n) is 6.38. The summed E-state index contributed by atoms with van der Waals surface area (Å²) in [6.45, 7) is 3.12. The predicted molar refractivity (Wildman–Crippen MR) is 93.4 cm³/mol. The van der Waals surface area contributed by atoms with Gasteiger partial charge in [0, 0.05) is 24.3 Å². The molecule has 1 unspecified atom stereocenters. The monoisotopic (exact) mass is 342 g/mol. The quantitative estimate of drug-likeness (QED) is 0.895. The minimum absolute atomic E-state index is 0.0204. The van der Waals surface area contributed by atoms with Crippen LogP contribution in [0.3, 0.4) is 0 Å². The van der Waals surface area contributed by atoms with Gasteiger partial charge in [-0.05, 0) is 62.1 Å². The summed E-state index contributed by atoms with van der Waals surface area (Å²) >= 11 is 0. The van der Waals surface area contributed by atoms with E-state index in [9.17, 15) is 14.7 Å². The Hall–Kier alpha value is -2.60. The van der Waals surface area contributed by atoms with Gasteiger partial charge in [0.1, 0.15) is 0 Å². The number of hydrogen-bond acceptors (Lipinski definition) is 4. The zero-order valence-corrected chi connectivity index (χ0v) is 14.1. The molecule has 2 amide bonds. The van der Waals surface area contributed by atoms with Crippen molar-refractivity contribution in [3.05, 3.63) is 54.0 Å². The molecule has 1 aromatic carbocycles. The van der Waals surface area contributed by atoms with Crippen molar-refractivity contribution in [2.75, 3.05) is 18.4 Å². The van der Waals surface area contributed by atoms with E-state index in [4.69, 9.17) is 4.42 Å². The molecule has 132 valence electrons. The first-order chi connectivity index (χ1) is 12.0. The van der Waals surface area contributed by atoms with E-state index in [0.717, 1.165) is 12.8 Å². The Kier molecular flexibility index (Phi) is 5.19. The highest BCUT2D eigenvalue weighted by Gasteiger charge is 2.26. The van der Waals surface area contributed by atoms with E-state index in [1.807, 2.05) is 4.90 Å². The number of nitrogens with zero attached hydrogens (tertiary/aromatic N) is 1. The van der Waals surface area contributed by atoms with Crippen LogP contribution >= 0.6 is 0 Å². The van der Waals surface area contributed by atoms with Crippen LogP contribution in [0.5, 0.6) is 0 Å². The van der Waals surface area contributed by atoms with Crippen LogP contribution in [0.1, 0.15) is 40.7 Å². The Balaban J connectivity index is 1.58. The zero-order chi connectivity index (χ0) is 17.8. The molecule has 2 N–H and O–H groups in total. The third kappa shape index (κ3) is 4.09. The van der Waals surface area contributed by atoms with E-state index in [1.54, 1.807) is 43.3 Å². The lowest BCUT2D eigenvalue weighted by Gasteiger charge is -2.33. The molecule has 1 atom stereocenters. The molecule has 25 heavy (non-hydrogen) atoms. The maximum absolute atomic E-state index is 12.6. The molecule has 1 aliphatic rings. The average Bonchev–Trinajstić information content (AvgIpc) is 3.17. The minimum Gasteiger partial charge on any atom is -0.459 e. The number of carbonyl (C=O) groups excluding carboxylic acids is 2. The highest BCUT2D eigenvalue weighted by Crippen LogP contribution is 2.22. The van der Waals surface area contributed by atoms with Crippen LogP contribution in [0.25, 0.3) is 0 Å². The number of aliphatic hydroxyl groups is 1. The molecule has 1 aliphatic heterocycles. The molecular formula is C19H22N2O4. The third-order valence-electron chi connectivity index (χ3n) is 4.64. The van der Waals surface area contributed by atoms with E-state index in [2.05, 4.69) is 5.32 Å². The fraction of sp³-hybridized carbons (Fsp3) is 0.368.